The number of anilines is 6. The van der Waals surface area contributed by atoms with Crippen LogP contribution in [0.4, 0.5) is 57.4 Å². The van der Waals surface area contributed by atoms with Gasteiger partial charge in [0.2, 0.25) is 11.8 Å². The van der Waals surface area contributed by atoms with E-state index in [1.807, 2.05) is 76.2 Å². The van der Waals surface area contributed by atoms with Crippen LogP contribution in [0.2, 0.25) is 0 Å². The van der Waals surface area contributed by atoms with E-state index in [9.17, 15) is 20.1 Å². The number of amides is 2. The van der Waals surface area contributed by atoms with Crippen LogP contribution in [-0.4, -0.2) is 57.6 Å². The summed E-state index contributed by atoms with van der Waals surface area (Å²) in [5, 5.41) is 52.3. The summed E-state index contributed by atoms with van der Waals surface area (Å²) in [7, 11) is 0. The van der Waals surface area contributed by atoms with Crippen molar-refractivity contribution in [3.63, 3.8) is 0 Å². The third-order valence-electron chi connectivity index (χ3n) is 9.23. The van der Waals surface area contributed by atoms with Crippen LogP contribution < -0.4 is 31.9 Å². The lowest BCUT2D eigenvalue weighted by molar-refractivity contribution is -0.115. The standard InChI is InChI=1S/C40H46N16O2/c1-7-53(8-2)29-15-17-33(35(19-29)45-25(5)57)47-49-39-31(21-41)37(43)51-55(39)23-27-13-11-12-14-28(27)24-56-40(32(22-42)38(44)52-56)50-48-34-18-16-30(54(9-3)10-4)20-36(34)46-26(6)58/h11-20H,7-10,23-24H2,1-6H3,(H2,43,51)(H2,44,52)(H,45,57)(H,46,58). The number of hydrogen-bond acceptors (Lipinski definition) is 14. The van der Waals surface area contributed by atoms with Crippen LogP contribution in [0.1, 0.15) is 63.8 Å². The van der Waals surface area contributed by atoms with E-state index in [-0.39, 0.29) is 59.3 Å². The van der Waals surface area contributed by atoms with Crippen LogP contribution >= 0.6 is 0 Å². The highest BCUT2D eigenvalue weighted by Crippen LogP contribution is 2.35. The second-order valence-corrected chi connectivity index (χ2v) is 13.0. The van der Waals surface area contributed by atoms with Gasteiger partial charge in [-0.1, -0.05) is 24.3 Å². The van der Waals surface area contributed by atoms with Gasteiger partial charge in [-0.25, -0.2) is 9.36 Å². The number of benzene rings is 3. The molecule has 0 saturated carbocycles. The summed E-state index contributed by atoms with van der Waals surface area (Å²) >= 11 is 0. The largest absolute Gasteiger partial charge is 0.381 e. The van der Waals surface area contributed by atoms with Gasteiger partial charge in [0, 0.05) is 51.4 Å². The highest BCUT2D eigenvalue weighted by atomic mass is 16.2. The Balaban J connectivity index is 1.50. The first kappa shape index (κ1) is 41.6. The van der Waals surface area contributed by atoms with Gasteiger partial charge >= 0.3 is 0 Å². The average Bonchev–Trinajstić information content (AvgIpc) is 3.67. The number of azo groups is 2. The summed E-state index contributed by atoms with van der Waals surface area (Å²) < 4.78 is 2.95. The quantitative estimate of drug-likeness (QED) is 0.0716. The Labute approximate surface area is 336 Å². The number of nitrogens with one attached hydrogen (secondary N) is 2. The smallest absolute Gasteiger partial charge is 0.221 e. The Kier molecular flexibility index (Phi) is 13.5. The summed E-state index contributed by atoms with van der Waals surface area (Å²) in [6.07, 6.45) is 0. The molecule has 298 valence electrons. The second-order valence-electron chi connectivity index (χ2n) is 13.0. The van der Waals surface area contributed by atoms with Crippen LogP contribution in [-0.2, 0) is 22.7 Å². The van der Waals surface area contributed by atoms with Crippen LogP contribution in [0.15, 0.2) is 81.1 Å². The molecule has 0 aliphatic carbocycles. The van der Waals surface area contributed by atoms with Gasteiger partial charge in [-0.2, -0.15) is 20.7 Å². The van der Waals surface area contributed by atoms with Gasteiger partial charge in [0.05, 0.1) is 24.5 Å². The maximum Gasteiger partial charge on any atom is 0.221 e. The number of hydrogen-bond donors (Lipinski definition) is 4. The van der Waals surface area contributed by atoms with Gasteiger partial charge in [0.15, 0.2) is 23.3 Å². The lowest BCUT2D eigenvalue weighted by Crippen LogP contribution is -2.21. The number of carbonyl (C=O) groups excluding carboxylic acids is 2. The van der Waals surface area contributed by atoms with E-state index in [0.29, 0.717) is 22.7 Å². The Morgan fingerprint density at radius 3 is 1.36 bits per heavy atom. The predicted octanol–water partition coefficient (Wildman–Crippen LogP) is 7.52. The van der Waals surface area contributed by atoms with Crippen molar-refractivity contribution < 1.29 is 9.59 Å². The van der Waals surface area contributed by atoms with Gasteiger partial charge in [-0.15, -0.1) is 20.5 Å². The number of nitrogen functional groups attached to an aromatic ring is 2. The van der Waals surface area contributed by atoms with Crippen molar-refractivity contribution in [1.82, 2.24) is 19.6 Å². The third kappa shape index (κ3) is 9.43. The van der Waals surface area contributed by atoms with Crippen molar-refractivity contribution in [3.05, 3.63) is 82.9 Å². The molecule has 2 aromatic heterocycles. The summed E-state index contributed by atoms with van der Waals surface area (Å²) in [5.74, 6) is -0.385. The van der Waals surface area contributed by atoms with Crippen LogP contribution in [0, 0.1) is 22.7 Å². The Bertz CT molecular complexity index is 2270. The second kappa shape index (κ2) is 18.8. The monoisotopic (exact) mass is 782 g/mol. The van der Waals surface area contributed by atoms with E-state index < -0.39 is 0 Å². The van der Waals surface area contributed by atoms with Gasteiger partial charge in [0.25, 0.3) is 0 Å². The number of aromatic nitrogens is 4. The lowest BCUT2D eigenvalue weighted by Gasteiger charge is -2.22. The zero-order valence-electron chi connectivity index (χ0n) is 33.4. The molecule has 6 N–H and O–H groups in total. The van der Waals surface area contributed by atoms with E-state index in [0.717, 1.165) is 48.7 Å². The molecule has 2 amide bonds. The van der Waals surface area contributed by atoms with E-state index >= 15 is 0 Å². The number of nitrogens with zero attached hydrogens (tertiary/aromatic N) is 12. The molecule has 3 aromatic carbocycles. The third-order valence-corrected chi connectivity index (χ3v) is 9.23. The van der Waals surface area contributed by atoms with Crippen molar-refractivity contribution in [2.24, 2.45) is 20.5 Å². The van der Waals surface area contributed by atoms with Gasteiger partial charge in [0.1, 0.15) is 34.6 Å². The van der Waals surface area contributed by atoms with Gasteiger partial charge < -0.3 is 31.9 Å². The molecule has 0 unspecified atom stereocenters. The minimum atomic E-state index is -0.276. The zero-order chi connectivity index (χ0) is 41.9. The molecular weight excluding hydrogens is 737 g/mol. The maximum absolute atomic E-state index is 12.1. The first-order chi connectivity index (χ1) is 27.9. The van der Waals surface area contributed by atoms with Crippen molar-refractivity contribution in [1.29, 1.82) is 10.5 Å². The van der Waals surface area contributed by atoms with Crippen molar-refractivity contribution in [2.75, 3.05) is 58.1 Å². The molecular formula is C40H46N16O2. The van der Waals surface area contributed by atoms with Crippen molar-refractivity contribution in [2.45, 2.75) is 54.6 Å². The van der Waals surface area contributed by atoms with Crippen LogP contribution in [0.25, 0.3) is 0 Å². The molecule has 0 atom stereocenters. The molecule has 2 heterocycles. The van der Waals surface area contributed by atoms with Gasteiger partial charge in [-0.05, 0) is 75.2 Å². The average molecular weight is 783 g/mol. The first-order valence-electron chi connectivity index (χ1n) is 18.7. The minimum Gasteiger partial charge on any atom is -0.381 e. The Morgan fingerprint density at radius 1 is 0.655 bits per heavy atom. The molecule has 18 nitrogen and oxygen atoms in total. The summed E-state index contributed by atoms with van der Waals surface area (Å²) in [4.78, 5) is 28.5. The summed E-state index contributed by atoms with van der Waals surface area (Å²) in [6.45, 7) is 14.3. The Hall–Kier alpha value is -7.60. The predicted molar refractivity (Wildman–Crippen MR) is 224 cm³/mol. The molecule has 18 heteroatoms. The molecule has 0 saturated heterocycles. The summed E-state index contributed by atoms with van der Waals surface area (Å²) in [5.41, 5.74) is 17.4. The molecule has 0 bridgehead atoms. The molecule has 0 spiro atoms. The normalized spacial score (nSPS) is 11.1. The fraction of sp³-hybridized carbons (Fsp3) is 0.300. The van der Waals surface area contributed by atoms with Crippen molar-refractivity contribution in [3.8, 4) is 12.1 Å². The number of nitriles is 2. The molecule has 0 fully saturated rings. The molecule has 0 aliphatic heterocycles. The van der Waals surface area contributed by atoms with E-state index in [1.54, 1.807) is 12.1 Å². The summed E-state index contributed by atoms with van der Waals surface area (Å²) in [6, 6.07) is 22.5. The molecule has 5 rings (SSSR count). The van der Waals surface area contributed by atoms with E-state index in [4.69, 9.17) is 11.5 Å². The number of carbonyl (C=O) groups is 2. The highest BCUT2D eigenvalue weighted by molar-refractivity contribution is 5.93. The zero-order valence-corrected chi connectivity index (χ0v) is 33.4. The van der Waals surface area contributed by atoms with Crippen molar-refractivity contribution >= 4 is 69.2 Å². The molecule has 0 radical (unpaired) electrons. The van der Waals surface area contributed by atoms with Gasteiger partial charge in [-0.3, -0.25) is 9.59 Å². The maximum atomic E-state index is 12.1. The van der Waals surface area contributed by atoms with Crippen LogP contribution in [0.5, 0.6) is 0 Å². The van der Waals surface area contributed by atoms with E-state index in [1.165, 1.54) is 23.2 Å². The first-order valence-corrected chi connectivity index (χ1v) is 18.7. The topological polar surface area (TPSA) is 249 Å². The fourth-order valence-electron chi connectivity index (χ4n) is 6.34. The molecule has 0 aliphatic rings. The van der Waals surface area contributed by atoms with E-state index in [2.05, 4.69) is 63.2 Å². The Morgan fingerprint density at radius 2 is 1.03 bits per heavy atom. The lowest BCUT2D eigenvalue weighted by atomic mass is 10.1. The SMILES string of the molecule is CCN(CC)c1ccc(N=Nc2c(C#N)c(N)nn2Cc2ccccc2Cn2nc(N)c(C#N)c2N=Nc2ccc(N(CC)CC)cc2NC(C)=O)c(NC(C)=O)c1. The van der Waals surface area contributed by atoms with Crippen LogP contribution in [0.3, 0.4) is 0 Å². The highest BCUT2D eigenvalue weighted by Gasteiger charge is 2.21. The number of nitrogens with two attached hydrogens (primary N) is 2. The fourth-order valence-corrected chi connectivity index (χ4v) is 6.34. The molecule has 5 aromatic rings. The molecule has 58 heavy (non-hydrogen) atoms. The number of rotatable bonds is 16. The minimum absolute atomic E-state index is 0.0298.